The average molecular weight is 401 g/mol. The molecule has 28 heavy (non-hydrogen) atoms. The van der Waals surface area contributed by atoms with E-state index in [-0.39, 0.29) is 5.91 Å². The zero-order valence-electron chi connectivity index (χ0n) is 16.6. The molecule has 0 unspecified atom stereocenters. The first-order chi connectivity index (χ1) is 13.6. The third kappa shape index (κ3) is 4.47. The van der Waals surface area contributed by atoms with Gasteiger partial charge in [-0.3, -0.25) is 9.69 Å². The van der Waals surface area contributed by atoms with Crippen molar-refractivity contribution in [2.24, 2.45) is 5.92 Å². The van der Waals surface area contributed by atoms with Crippen LogP contribution in [-0.2, 0) is 17.6 Å². The molecule has 1 atom stereocenters. The summed E-state index contributed by atoms with van der Waals surface area (Å²) in [4.78, 5) is 23.0. The lowest BCUT2D eigenvalue weighted by Gasteiger charge is -2.35. The number of aromatic nitrogens is 1. The van der Waals surface area contributed by atoms with Crippen molar-refractivity contribution in [1.82, 2.24) is 9.88 Å². The number of ether oxygens (including phenoxy) is 1. The summed E-state index contributed by atoms with van der Waals surface area (Å²) in [5, 5.41) is 3.78. The van der Waals surface area contributed by atoms with Gasteiger partial charge in [0.15, 0.2) is 5.13 Å². The van der Waals surface area contributed by atoms with Gasteiger partial charge in [-0.25, -0.2) is 4.98 Å². The molecule has 0 radical (unpaired) electrons. The Hall–Kier alpha value is -2.12. The predicted molar refractivity (Wildman–Crippen MR) is 114 cm³/mol. The number of aryl methyl sites for hydroxylation is 1. The molecule has 0 spiro atoms. The van der Waals surface area contributed by atoms with Crippen LogP contribution in [0.3, 0.4) is 0 Å². The van der Waals surface area contributed by atoms with Gasteiger partial charge in [0.25, 0.3) is 0 Å². The second-order valence-corrected chi connectivity index (χ2v) is 8.83. The quantitative estimate of drug-likeness (QED) is 0.836. The molecule has 2 heterocycles. The Morgan fingerprint density at radius 2 is 2.00 bits per heavy atom. The number of rotatable bonds is 5. The van der Waals surface area contributed by atoms with E-state index in [9.17, 15) is 4.79 Å². The number of piperazine rings is 1. The van der Waals surface area contributed by atoms with Crippen molar-refractivity contribution in [2.75, 3.05) is 50.1 Å². The van der Waals surface area contributed by atoms with Crippen LogP contribution in [0.1, 0.15) is 23.9 Å². The maximum Gasteiger partial charge on any atom is 0.240 e. The van der Waals surface area contributed by atoms with E-state index in [1.54, 1.807) is 18.4 Å². The van der Waals surface area contributed by atoms with Gasteiger partial charge in [-0.05, 0) is 49.4 Å². The number of nitrogens with one attached hydrogen (secondary N) is 1. The molecule has 0 saturated carbocycles. The number of thiazole rings is 1. The first kappa shape index (κ1) is 19.2. The average Bonchev–Trinajstić information content (AvgIpc) is 3.09. The van der Waals surface area contributed by atoms with Gasteiger partial charge in [-0.15, -0.1) is 11.3 Å². The number of carbonyl (C=O) groups excluding carboxylic acids is 1. The number of amides is 1. The molecule has 1 aromatic carbocycles. The maximum absolute atomic E-state index is 12.5. The molecule has 2 aliphatic rings. The van der Waals surface area contributed by atoms with E-state index in [2.05, 4.69) is 39.2 Å². The minimum atomic E-state index is 0.0389. The highest BCUT2D eigenvalue weighted by atomic mass is 32.1. The van der Waals surface area contributed by atoms with E-state index >= 15 is 0 Å². The molecule has 1 N–H and O–H groups in total. The van der Waals surface area contributed by atoms with Gasteiger partial charge in [-0.1, -0.05) is 6.92 Å². The molecule has 1 fully saturated rings. The summed E-state index contributed by atoms with van der Waals surface area (Å²) in [6, 6.07) is 8.16. The Bertz CT molecular complexity index is 812. The SMILES string of the molecule is COc1ccc(N2CCN(CC(=O)Nc3nc4c(s3)C[C@H](C)CC4)CC2)cc1. The van der Waals surface area contributed by atoms with Crippen LogP contribution in [0.4, 0.5) is 10.8 Å². The number of fused-ring (bicyclic) bond motifs is 1. The van der Waals surface area contributed by atoms with Gasteiger partial charge < -0.3 is 15.0 Å². The molecule has 0 bridgehead atoms. The Morgan fingerprint density at radius 1 is 1.25 bits per heavy atom. The van der Waals surface area contributed by atoms with Crippen LogP contribution in [0.15, 0.2) is 24.3 Å². The second-order valence-electron chi connectivity index (χ2n) is 7.75. The standard InChI is InChI=1S/C21H28N4O2S/c1-15-3-8-18-19(13-15)28-21(22-18)23-20(26)14-24-9-11-25(12-10-24)16-4-6-17(27-2)7-5-16/h4-7,15H,3,8-14H2,1-2H3,(H,22,23,26)/t15-/m1/s1. The lowest BCUT2D eigenvalue weighted by atomic mass is 9.93. The summed E-state index contributed by atoms with van der Waals surface area (Å²) in [5.41, 5.74) is 2.39. The van der Waals surface area contributed by atoms with Crippen molar-refractivity contribution in [1.29, 1.82) is 0 Å². The van der Waals surface area contributed by atoms with E-state index in [1.807, 2.05) is 12.1 Å². The largest absolute Gasteiger partial charge is 0.497 e. The third-order valence-corrected chi connectivity index (χ3v) is 6.64. The van der Waals surface area contributed by atoms with Crippen LogP contribution < -0.4 is 15.0 Å². The minimum absolute atomic E-state index is 0.0389. The highest BCUT2D eigenvalue weighted by Gasteiger charge is 2.22. The highest BCUT2D eigenvalue weighted by molar-refractivity contribution is 7.15. The molecule has 1 saturated heterocycles. The number of methoxy groups -OCH3 is 1. The summed E-state index contributed by atoms with van der Waals surface area (Å²) in [6.07, 6.45) is 3.33. The Kier molecular flexibility index (Phi) is 5.82. The fraction of sp³-hybridized carbons (Fsp3) is 0.524. The Labute approximate surface area is 170 Å². The third-order valence-electron chi connectivity index (χ3n) is 5.61. The van der Waals surface area contributed by atoms with Crippen LogP contribution in [0.2, 0.25) is 0 Å². The fourth-order valence-electron chi connectivity index (χ4n) is 3.91. The maximum atomic E-state index is 12.5. The Balaban J connectivity index is 1.26. The van der Waals surface area contributed by atoms with Crippen molar-refractivity contribution in [3.63, 3.8) is 0 Å². The second kappa shape index (κ2) is 8.49. The molecule has 2 aromatic rings. The van der Waals surface area contributed by atoms with Crippen LogP contribution in [0.5, 0.6) is 5.75 Å². The monoisotopic (exact) mass is 400 g/mol. The summed E-state index contributed by atoms with van der Waals surface area (Å²) in [7, 11) is 1.68. The number of carbonyl (C=O) groups is 1. The van der Waals surface area contributed by atoms with E-state index in [4.69, 9.17) is 4.74 Å². The van der Waals surface area contributed by atoms with Crippen LogP contribution in [-0.4, -0.2) is 55.6 Å². The molecule has 4 rings (SSSR count). The van der Waals surface area contributed by atoms with E-state index in [0.717, 1.165) is 55.8 Å². The van der Waals surface area contributed by atoms with Gasteiger partial charge in [0.05, 0.1) is 19.3 Å². The molecule has 1 aromatic heterocycles. The van der Waals surface area contributed by atoms with E-state index < -0.39 is 0 Å². The molecule has 150 valence electrons. The van der Waals surface area contributed by atoms with Crippen molar-refractivity contribution < 1.29 is 9.53 Å². The summed E-state index contributed by atoms with van der Waals surface area (Å²) >= 11 is 1.65. The van der Waals surface area contributed by atoms with E-state index in [1.165, 1.54) is 22.7 Å². The molecule has 1 aliphatic carbocycles. The molecule has 1 amide bonds. The topological polar surface area (TPSA) is 57.7 Å². The Morgan fingerprint density at radius 3 is 2.71 bits per heavy atom. The predicted octanol–water partition coefficient (Wildman–Crippen LogP) is 3.04. The number of nitrogens with zero attached hydrogens (tertiary/aromatic N) is 3. The molecule has 6 nitrogen and oxygen atoms in total. The van der Waals surface area contributed by atoms with Gasteiger partial charge in [0.2, 0.25) is 5.91 Å². The summed E-state index contributed by atoms with van der Waals surface area (Å²) < 4.78 is 5.22. The first-order valence-corrected chi connectivity index (χ1v) is 10.8. The van der Waals surface area contributed by atoms with Crippen molar-refractivity contribution in [3.05, 3.63) is 34.8 Å². The lowest BCUT2D eigenvalue weighted by molar-refractivity contribution is -0.117. The number of hydrogen-bond donors (Lipinski definition) is 1. The smallest absolute Gasteiger partial charge is 0.240 e. The molecule has 7 heteroatoms. The normalized spacial score (nSPS) is 19.9. The van der Waals surface area contributed by atoms with Crippen molar-refractivity contribution in [2.45, 2.75) is 26.2 Å². The van der Waals surface area contributed by atoms with Gasteiger partial charge in [0.1, 0.15) is 5.75 Å². The first-order valence-electron chi connectivity index (χ1n) is 10.0. The molecule has 1 aliphatic heterocycles. The number of anilines is 2. The van der Waals surface area contributed by atoms with Crippen molar-refractivity contribution >= 4 is 28.1 Å². The van der Waals surface area contributed by atoms with Crippen LogP contribution in [0.25, 0.3) is 0 Å². The highest BCUT2D eigenvalue weighted by Crippen LogP contribution is 2.32. The van der Waals surface area contributed by atoms with Gasteiger partial charge in [-0.2, -0.15) is 0 Å². The zero-order valence-corrected chi connectivity index (χ0v) is 17.4. The van der Waals surface area contributed by atoms with E-state index in [0.29, 0.717) is 6.54 Å². The van der Waals surface area contributed by atoms with Gasteiger partial charge in [0, 0.05) is 36.7 Å². The van der Waals surface area contributed by atoms with Gasteiger partial charge >= 0.3 is 0 Å². The number of hydrogen-bond acceptors (Lipinski definition) is 6. The van der Waals surface area contributed by atoms with Crippen LogP contribution in [0, 0.1) is 5.92 Å². The molecular formula is C21H28N4O2S. The minimum Gasteiger partial charge on any atom is -0.497 e. The zero-order chi connectivity index (χ0) is 19.5. The number of benzene rings is 1. The summed E-state index contributed by atoms with van der Waals surface area (Å²) in [6.45, 7) is 6.31. The van der Waals surface area contributed by atoms with Crippen LogP contribution >= 0.6 is 11.3 Å². The summed E-state index contributed by atoms with van der Waals surface area (Å²) in [5.74, 6) is 1.63. The lowest BCUT2D eigenvalue weighted by Crippen LogP contribution is -2.48. The fourth-order valence-corrected chi connectivity index (χ4v) is 5.10. The van der Waals surface area contributed by atoms with Crippen molar-refractivity contribution in [3.8, 4) is 5.75 Å². The molecular weight excluding hydrogens is 372 g/mol.